The summed E-state index contributed by atoms with van der Waals surface area (Å²) >= 11 is 6.06. The van der Waals surface area contributed by atoms with Crippen molar-refractivity contribution in [2.24, 2.45) is 0 Å². The molecule has 19 heavy (non-hydrogen) atoms. The van der Waals surface area contributed by atoms with Gasteiger partial charge in [0, 0.05) is 6.04 Å². The Bertz CT molecular complexity index is 560. The van der Waals surface area contributed by atoms with E-state index < -0.39 is 0 Å². The molecule has 3 nitrogen and oxygen atoms in total. The van der Waals surface area contributed by atoms with Crippen molar-refractivity contribution in [1.29, 1.82) is 0 Å². The molecule has 1 unspecified atom stereocenters. The molecule has 1 aromatic heterocycles. The molecule has 2 aromatic rings. The van der Waals surface area contributed by atoms with Gasteiger partial charge >= 0.3 is 0 Å². The molecule has 0 saturated heterocycles. The first-order valence-corrected chi connectivity index (χ1v) is 7.24. The molecule has 0 N–H and O–H groups in total. The molecule has 1 atom stereocenters. The van der Waals surface area contributed by atoms with Gasteiger partial charge in [-0.25, -0.2) is 4.98 Å². The maximum Gasteiger partial charge on any atom is 0.125 e. The molecule has 0 aliphatic carbocycles. The molecule has 0 radical (unpaired) electrons. The van der Waals surface area contributed by atoms with Crippen molar-refractivity contribution in [2.45, 2.75) is 32.2 Å². The molecule has 2 rings (SSSR count). The predicted octanol–water partition coefficient (Wildman–Crippen LogP) is 3.60. The average Bonchev–Trinajstić information content (AvgIpc) is 2.73. The number of alkyl halides is 1. The van der Waals surface area contributed by atoms with Crippen LogP contribution in [0.3, 0.4) is 0 Å². The first-order valence-electron chi connectivity index (χ1n) is 6.71. The highest BCUT2D eigenvalue weighted by Crippen LogP contribution is 2.25. The molecule has 0 spiro atoms. The van der Waals surface area contributed by atoms with Gasteiger partial charge in [-0.05, 0) is 58.6 Å². The van der Waals surface area contributed by atoms with Gasteiger partial charge in [-0.1, -0.05) is 6.07 Å². The van der Waals surface area contributed by atoms with Gasteiger partial charge in [0.15, 0.2) is 0 Å². The van der Waals surface area contributed by atoms with Gasteiger partial charge in [0.05, 0.1) is 16.9 Å². The zero-order valence-corrected chi connectivity index (χ0v) is 12.9. The van der Waals surface area contributed by atoms with E-state index in [-0.39, 0.29) is 0 Å². The Morgan fingerprint density at radius 3 is 2.74 bits per heavy atom. The largest absolute Gasteiger partial charge is 0.324 e. The highest BCUT2D eigenvalue weighted by Gasteiger charge is 2.15. The third kappa shape index (κ3) is 3.10. The minimum Gasteiger partial charge on any atom is -0.324 e. The standard InChI is InChI=1S/C15H22ClN3/c1-11-5-6-14-13(9-11)17-15(10-16)19(14)12(2)7-8-18(3)4/h5-6,9,12H,7-8,10H2,1-4H3. The molecule has 1 aromatic carbocycles. The molecular weight excluding hydrogens is 258 g/mol. The minimum atomic E-state index is 0.406. The van der Waals surface area contributed by atoms with E-state index in [1.807, 2.05) is 0 Å². The first-order chi connectivity index (χ1) is 9.02. The monoisotopic (exact) mass is 279 g/mol. The van der Waals surface area contributed by atoms with Gasteiger partial charge in [-0.3, -0.25) is 0 Å². The smallest absolute Gasteiger partial charge is 0.125 e. The number of imidazole rings is 1. The molecule has 104 valence electrons. The summed E-state index contributed by atoms with van der Waals surface area (Å²) in [5.41, 5.74) is 3.47. The Hall–Kier alpha value is -1.06. The zero-order valence-electron chi connectivity index (χ0n) is 12.2. The van der Waals surface area contributed by atoms with E-state index in [9.17, 15) is 0 Å². The molecule has 1 heterocycles. The number of benzene rings is 1. The van der Waals surface area contributed by atoms with Crippen LogP contribution in [0.5, 0.6) is 0 Å². The van der Waals surface area contributed by atoms with Crippen LogP contribution in [0.4, 0.5) is 0 Å². The molecule has 0 fully saturated rings. The molecule has 0 amide bonds. The topological polar surface area (TPSA) is 21.1 Å². The Morgan fingerprint density at radius 2 is 2.11 bits per heavy atom. The van der Waals surface area contributed by atoms with E-state index in [4.69, 9.17) is 11.6 Å². The summed E-state index contributed by atoms with van der Waals surface area (Å²) in [7, 11) is 4.20. The van der Waals surface area contributed by atoms with Crippen molar-refractivity contribution in [3.8, 4) is 0 Å². The first kappa shape index (κ1) is 14.4. The summed E-state index contributed by atoms with van der Waals surface area (Å²) in [5, 5.41) is 0. The minimum absolute atomic E-state index is 0.406. The number of halogens is 1. The lowest BCUT2D eigenvalue weighted by Gasteiger charge is -2.19. The van der Waals surface area contributed by atoms with E-state index in [0.717, 1.165) is 24.3 Å². The van der Waals surface area contributed by atoms with Gasteiger partial charge in [-0.2, -0.15) is 0 Å². The number of aromatic nitrogens is 2. The van der Waals surface area contributed by atoms with Crippen LogP contribution in [0.2, 0.25) is 0 Å². The number of fused-ring (bicyclic) bond motifs is 1. The van der Waals surface area contributed by atoms with E-state index >= 15 is 0 Å². The Kier molecular flexibility index (Phi) is 4.48. The second kappa shape index (κ2) is 5.93. The van der Waals surface area contributed by atoms with Crippen molar-refractivity contribution in [3.63, 3.8) is 0 Å². The van der Waals surface area contributed by atoms with E-state index in [1.165, 1.54) is 11.1 Å². The fourth-order valence-electron chi connectivity index (χ4n) is 2.42. The van der Waals surface area contributed by atoms with Crippen LogP contribution in [0, 0.1) is 6.92 Å². The average molecular weight is 280 g/mol. The summed E-state index contributed by atoms with van der Waals surface area (Å²) < 4.78 is 2.28. The molecule has 0 aliphatic rings. The van der Waals surface area contributed by atoms with Crippen molar-refractivity contribution >= 4 is 22.6 Å². The van der Waals surface area contributed by atoms with Crippen LogP contribution in [0.1, 0.15) is 30.8 Å². The maximum atomic E-state index is 6.06. The zero-order chi connectivity index (χ0) is 14.0. The van der Waals surface area contributed by atoms with E-state index in [2.05, 4.69) is 60.6 Å². The van der Waals surface area contributed by atoms with Gasteiger partial charge < -0.3 is 9.47 Å². The Labute approximate surface area is 120 Å². The summed E-state index contributed by atoms with van der Waals surface area (Å²) in [4.78, 5) is 6.87. The van der Waals surface area contributed by atoms with Crippen molar-refractivity contribution in [1.82, 2.24) is 14.5 Å². The number of hydrogen-bond donors (Lipinski definition) is 0. The molecule has 0 saturated carbocycles. The van der Waals surface area contributed by atoms with Crippen molar-refractivity contribution < 1.29 is 0 Å². The van der Waals surface area contributed by atoms with E-state index in [1.54, 1.807) is 0 Å². The number of hydrogen-bond acceptors (Lipinski definition) is 2. The lowest BCUT2D eigenvalue weighted by Crippen LogP contribution is -2.18. The molecular formula is C15H22ClN3. The van der Waals surface area contributed by atoms with Gasteiger partial charge in [-0.15, -0.1) is 11.6 Å². The third-order valence-corrected chi connectivity index (χ3v) is 3.71. The Morgan fingerprint density at radius 1 is 1.37 bits per heavy atom. The number of nitrogens with zero attached hydrogens (tertiary/aromatic N) is 3. The molecule has 4 heteroatoms. The second-order valence-corrected chi connectivity index (χ2v) is 5.73. The predicted molar refractivity (Wildman–Crippen MR) is 81.9 cm³/mol. The van der Waals surface area contributed by atoms with Crippen LogP contribution in [-0.2, 0) is 5.88 Å². The fraction of sp³-hybridized carbons (Fsp3) is 0.533. The van der Waals surface area contributed by atoms with Crippen LogP contribution in [0.25, 0.3) is 11.0 Å². The highest BCUT2D eigenvalue weighted by molar-refractivity contribution is 6.16. The van der Waals surface area contributed by atoms with Crippen molar-refractivity contribution in [3.05, 3.63) is 29.6 Å². The Balaban J connectivity index is 2.39. The lowest BCUT2D eigenvalue weighted by atomic mass is 10.2. The summed E-state index contributed by atoms with van der Waals surface area (Å²) in [6.07, 6.45) is 1.09. The maximum absolute atomic E-state index is 6.06. The van der Waals surface area contributed by atoms with Crippen molar-refractivity contribution in [2.75, 3.05) is 20.6 Å². The van der Waals surface area contributed by atoms with Crippen LogP contribution >= 0.6 is 11.6 Å². The fourth-order valence-corrected chi connectivity index (χ4v) is 2.61. The van der Waals surface area contributed by atoms with E-state index in [0.29, 0.717) is 11.9 Å². The van der Waals surface area contributed by atoms with Gasteiger partial charge in [0.1, 0.15) is 5.82 Å². The highest BCUT2D eigenvalue weighted by atomic mass is 35.5. The summed E-state index contributed by atoms with van der Waals surface area (Å²) in [5.74, 6) is 1.42. The van der Waals surface area contributed by atoms with Crippen LogP contribution in [-0.4, -0.2) is 35.1 Å². The SMILES string of the molecule is Cc1ccc2c(c1)nc(CCl)n2C(C)CCN(C)C. The summed E-state index contributed by atoms with van der Waals surface area (Å²) in [6.45, 7) is 5.39. The van der Waals surface area contributed by atoms with Gasteiger partial charge in [0.2, 0.25) is 0 Å². The summed E-state index contributed by atoms with van der Waals surface area (Å²) in [6, 6.07) is 6.82. The second-order valence-electron chi connectivity index (χ2n) is 5.46. The van der Waals surface area contributed by atoms with Gasteiger partial charge in [0.25, 0.3) is 0 Å². The quantitative estimate of drug-likeness (QED) is 0.780. The third-order valence-electron chi connectivity index (χ3n) is 3.47. The number of aryl methyl sites for hydroxylation is 1. The molecule has 0 bridgehead atoms. The lowest BCUT2D eigenvalue weighted by molar-refractivity contribution is 0.358. The van der Waals surface area contributed by atoms with Crippen LogP contribution in [0.15, 0.2) is 18.2 Å². The molecule has 0 aliphatic heterocycles. The number of rotatable bonds is 5. The van der Waals surface area contributed by atoms with Crippen LogP contribution < -0.4 is 0 Å². The normalized spacial score (nSPS) is 13.4.